The van der Waals surface area contributed by atoms with Crippen LogP contribution >= 0.6 is 0 Å². The summed E-state index contributed by atoms with van der Waals surface area (Å²) in [5, 5.41) is 3.58. The third-order valence-electron chi connectivity index (χ3n) is 8.79. The molecule has 3 saturated heterocycles. The number of amides is 1. The zero-order valence-corrected chi connectivity index (χ0v) is 23.9. The number of nitrogens with one attached hydrogen (secondary N) is 2. The molecular weight excluding hydrogens is 551 g/mol. The lowest BCUT2D eigenvalue weighted by molar-refractivity contribution is 0.0720. The average Bonchev–Trinajstić information content (AvgIpc) is 3.64. The van der Waals surface area contributed by atoms with Crippen LogP contribution in [0.25, 0.3) is 22.2 Å². The standard InChI is InChI=1S/C32H33FN6O4/c1-42-28-12-22(24(33)11-23(28)32(41)38-9-3-2-4-10-38)26-13-27(30-25(36-26)7-8-34-31(30)40)37-29-6-5-21(14-35-29)39-15-19-17-43-18-20(19)16-39/h5-8,11-14,19-20H,2-4,9-10,15-18H2,1H3,(H,34,40)(H,35,36,37)/t19-,20+. The monoisotopic (exact) mass is 584 g/mol. The van der Waals surface area contributed by atoms with Gasteiger partial charge in [-0.05, 0) is 55.7 Å². The fraction of sp³-hybridized carbons (Fsp3) is 0.375. The molecule has 0 aliphatic carbocycles. The van der Waals surface area contributed by atoms with Crippen molar-refractivity contribution >= 4 is 34.0 Å². The second-order valence-electron chi connectivity index (χ2n) is 11.5. The Hall–Kier alpha value is -4.51. The number of nitrogens with zero attached hydrogens (tertiary/aromatic N) is 4. The molecule has 0 radical (unpaired) electrons. The molecule has 3 aliphatic rings. The number of hydrogen-bond donors (Lipinski definition) is 2. The van der Waals surface area contributed by atoms with Gasteiger partial charge in [0, 0.05) is 49.8 Å². The first-order valence-corrected chi connectivity index (χ1v) is 14.7. The van der Waals surface area contributed by atoms with Gasteiger partial charge >= 0.3 is 0 Å². The highest BCUT2D eigenvalue weighted by molar-refractivity contribution is 5.98. The summed E-state index contributed by atoms with van der Waals surface area (Å²) in [7, 11) is 1.46. The third-order valence-corrected chi connectivity index (χ3v) is 8.79. The molecule has 43 heavy (non-hydrogen) atoms. The zero-order chi connectivity index (χ0) is 29.5. The van der Waals surface area contributed by atoms with Crippen LogP contribution in [0, 0.1) is 17.7 Å². The maximum absolute atomic E-state index is 15.7. The fourth-order valence-electron chi connectivity index (χ4n) is 6.47. The van der Waals surface area contributed by atoms with Crippen molar-refractivity contribution in [1.29, 1.82) is 0 Å². The maximum Gasteiger partial charge on any atom is 0.259 e. The summed E-state index contributed by atoms with van der Waals surface area (Å²) in [4.78, 5) is 42.1. The van der Waals surface area contributed by atoms with Gasteiger partial charge in [-0.1, -0.05) is 0 Å². The van der Waals surface area contributed by atoms with E-state index in [0.29, 0.717) is 47.3 Å². The van der Waals surface area contributed by atoms with Crippen molar-refractivity contribution in [3.63, 3.8) is 0 Å². The number of aromatic nitrogens is 3. The van der Waals surface area contributed by atoms with E-state index in [9.17, 15) is 9.59 Å². The minimum absolute atomic E-state index is 0.157. The molecule has 2 N–H and O–H groups in total. The molecular formula is C32H33FN6O4. The van der Waals surface area contributed by atoms with Gasteiger partial charge in [0.2, 0.25) is 0 Å². The van der Waals surface area contributed by atoms with Gasteiger partial charge in [0.05, 0.1) is 60.1 Å². The smallest absolute Gasteiger partial charge is 0.259 e. The molecule has 10 nitrogen and oxygen atoms in total. The number of anilines is 3. The highest BCUT2D eigenvalue weighted by Gasteiger charge is 2.37. The van der Waals surface area contributed by atoms with Gasteiger partial charge < -0.3 is 29.6 Å². The van der Waals surface area contributed by atoms with E-state index in [1.54, 1.807) is 17.0 Å². The topological polar surface area (TPSA) is 113 Å². The predicted octanol–water partition coefficient (Wildman–Crippen LogP) is 4.59. The van der Waals surface area contributed by atoms with Crippen LogP contribution in [-0.2, 0) is 4.74 Å². The Bertz CT molecular complexity index is 1720. The number of rotatable bonds is 6. The van der Waals surface area contributed by atoms with Crippen LogP contribution in [0.3, 0.4) is 0 Å². The summed E-state index contributed by atoms with van der Waals surface area (Å²) in [6, 6.07) is 9.89. The van der Waals surface area contributed by atoms with E-state index < -0.39 is 5.82 Å². The van der Waals surface area contributed by atoms with Gasteiger partial charge in [0.1, 0.15) is 17.4 Å². The second-order valence-corrected chi connectivity index (χ2v) is 11.5. The molecule has 3 fully saturated rings. The number of H-pyrrole nitrogens is 1. The van der Waals surface area contributed by atoms with Crippen molar-refractivity contribution in [2.24, 2.45) is 11.8 Å². The summed E-state index contributed by atoms with van der Waals surface area (Å²) in [5.41, 5.74) is 2.15. The lowest BCUT2D eigenvalue weighted by Gasteiger charge is -2.27. The van der Waals surface area contributed by atoms with Crippen LogP contribution in [0.4, 0.5) is 21.6 Å². The number of fused-ring (bicyclic) bond motifs is 2. The van der Waals surface area contributed by atoms with Crippen molar-refractivity contribution in [2.45, 2.75) is 19.3 Å². The Kier molecular flexibility index (Phi) is 7.18. The Morgan fingerprint density at radius 3 is 2.60 bits per heavy atom. The number of methoxy groups -OCH3 is 1. The number of aromatic amines is 1. The molecule has 2 atom stereocenters. The molecule has 1 aromatic carbocycles. The van der Waals surface area contributed by atoms with E-state index in [1.807, 2.05) is 18.3 Å². The number of likely N-dealkylation sites (tertiary alicyclic amines) is 1. The molecule has 4 aromatic rings. The summed E-state index contributed by atoms with van der Waals surface area (Å²) in [5.74, 6) is 1.07. The molecule has 222 valence electrons. The number of hydrogen-bond acceptors (Lipinski definition) is 8. The number of ether oxygens (including phenoxy) is 2. The molecule has 11 heteroatoms. The van der Waals surface area contributed by atoms with E-state index in [2.05, 4.69) is 25.2 Å². The van der Waals surface area contributed by atoms with Crippen molar-refractivity contribution in [1.82, 2.24) is 19.9 Å². The molecule has 3 aromatic heterocycles. The van der Waals surface area contributed by atoms with Gasteiger partial charge in [0.15, 0.2) is 0 Å². The number of benzene rings is 1. The zero-order valence-electron chi connectivity index (χ0n) is 23.9. The van der Waals surface area contributed by atoms with Gasteiger partial charge in [-0.2, -0.15) is 0 Å². The fourth-order valence-corrected chi connectivity index (χ4v) is 6.47. The van der Waals surface area contributed by atoms with Crippen molar-refractivity contribution in [2.75, 3.05) is 56.7 Å². The first-order chi connectivity index (χ1) is 21.0. The van der Waals surface area contributed by atoms with Crippen LogP contribution in [-0.4, -0.2) is 72.3 Å². The molecule has 0 unspecified atom stereocenters. The SMILES string of the molecule is COc1cc(-c2cc(Nc3ccc(N4C[C@H]5COC[C@H]5C4)cn3)c3c(=O)[nH]ccc3n2)c(F)cc1C(=O)N1CCCCC1. The number of halogens is 1. The molecule has 0 bridgehead atoms. The van der Waals surface area contributed by atoms with E-state index in [0.717, 1.165) is 51.3 Å². The second kappa shape index (κ2) is 11.3. The Balaban J connectivity index is 1.22. The van der Waals surface area contributed by atoms with E-state index in [-0.39, 0.29) is 34.0 Å². The highest BCUT2D eigenvalue weighted by Crippen LogP contribution is 2.35. The highest BCUT2D eigenvalue weighted by atomic mass is 19.1. The summed E-state index contributed by atoms with van der Waals surface area (Å²) in [6.07, 6.45) is 6.26. The number of carbonyl (C=O) groups excluding carboxylic acids is 1. The van der Waals surface area contributed by atoms with Crippen LogP contribution in [0.1, 0.15) is 29.6 Å². The van der Waals surface area contributed by atoms with Crippen molar-refractivity contribution < 1.29 is 18.7 Å². The predicted molar refractivity (Wildman–Crippen MR) is 162 cm³/mol. The van der Waals surface area contributed by atoms with Crippen molar-refractivity contribution in [3.8, 4) is 17.0 Å². The molecule has 1 amide bonds. The van der Waals surface area contributed by atoms with E-state index in [4.69, 9.17) is 9.47 Å². The van der Waals surface area contributed by atoms with Crippen LogP contribution in [0.2, 0.25) is 0 Å². The van der Waals surface area contributed by atoms with Crippen LogP contribution in [0.15, 0.2) is 53.6 Å². The molecule has 7 rings (SSSR count). The minimum Gasteiger partial charge on any atom is -0.496 e. The van der Waals surface area contributed by atoms with Crippen LogP contribution in [0.5, 0.6) is 5.75 Å². The summed E-state index contributed by atoms with van der Waals surface area (Å²) in [6.45, 7) is 4.80. The lowest BCUT2D eigenvalue weighted by Crippen LogP contribution is -2.35. The third kappa shape index (κ3) is 5.18. The maximum atomic E-state index is 15.7. The molecule has 0 spiro atoms. The molecule has 0 saturated carbocycles. The lowest BCUT2D eigenvalue weighted by atomic mass is 10.0. The largest absolute Gasteiger partial charge is 0.496 e. The number of piperidine rings is 1. The normalized spacial score (nSPS) is 20.0. The molecule has 3 aliphatic heterocycles. The number of carbonyl (C=O) groups is 1. The summed E-state index contributed by atoms with van der Waals surface area (Å²) >= 11 is 0. The first-order valence-electron chi connectivity index (χ1n) is 14.7. The quantitative estimate of drug-likeness (QED) is 0.339. The van der Waals surface area contributed by atoms with E-state index in [1.165, 1.54) is 25.4 Å². The van der Waals surface area contributed by atoms with Gasteiger partial charge in [-0.15, -0.1) is 0 Å². The van der Waals surface area contributed by atoms with E-state index >= 15 is 4.39 Å². The van der Waals surface area contributed by atoms with Gasteiger partial charge in [-0.25, -0.2) is 14.4 Å². The minimum atomic E-state index is -0.605. The first kappa shape index (κ1) is 27.3. The van der Waals surface area contributed by atoms with Crippen molar-refractivity contribution in [3.05, 3.63) is 70.5 Å². The Morgan fingerprint density at radius 1 is 1.09 bits per heavy atom. The number of pyridine rings is 3. The Labute approximate surface area is 247 Å². The van der Waals surface area contributed by atoms with Gasteiger partial charge in [0.25, 0.3) is 11.5 Å². The summed E-state index contributed by atoms with van der Waals surface area (Å²) < 4.78 is 26.9. The van der Waals surface area contributed by atoms with Crippen LogP contribution < -0.4 is 20.5 Å². The Morgan fingerprint density at radius 2 is 1.88 bits per heavy atom. The average molecular weight is 585 g/mol. The molecule has 6 heterocycles. The van der Waals surface area contributed by atoms with Gasteiger partial charge in [-0.3, -0.25) is 9.59 Å².